The third-order valence-electron chi connectivity index (χ3n) is 3.65. The molecule has 5 heteroatoms. The van der Waals surface area contributed by atoms with Crippen molar-refractivity contribution in [3.8, 4) is 0 Å². The molecule has 5 nitrogen and oxygen atoms in total. The first kappa shape index (κ1) is 13.5. The lowest BCUT2D eigenvalue weighted by atomic mass is 9.91. The van der Waals surface area contributed by atoms with E-state index in [0.29, 0.717) is 25.8 Å². The molecule has 0 radical (unpaired) electrons. The number of amides is 1. The summed E-state index contributed by atoms with van der Waals surface area (Å²) in [5.41, 5.74) is 0.938. The molecule has 1 aliphatic rings. The molecule has 0 spiro atoms. The van der Waals surface area contributed by atoms with Gasteiger partial charge in [0.2, 0.25) is 5.91 Å². The summed E-state index contributed by atoms with van der Waals surface area (Å²) < 4.78 is 0. The molecule has 2 rings (SSSR count). The van der Waals surface area contributed by atoms with Gasteiger partial charge < -0.3 is 10.0 Å². The van der Waals surface area contributed by atoms with Crippen LogP contribution in [0.5, 0.6) is 0 Å². The van der Waals surface area contributed by atoms with E-state index in [1.807, 2.05) is 19.1 Å². The number of rotatable bonds is 3. The van der Waals surface area contributed by atoms with Gasteiger partial charge in [0.25, 0.3) is 0 Å². The monoisotopic (exact) mass is 262 g/mol. The van der Waals surface area contributed by atoms with Crippen LogP contribution in [-0.4, -0.2) is 39.5 Å². The van der Waals surface area contributed by atoms with Crippen LogP contribution < -0.4 is 0 Å². The standard InChI is InChI=1S/C14H18N2O3/c1-10-8-12(14(18)19)4-7-16(10)13(17)9-11-2-5-15-6-3-11/h2-3,5-6,10,12H,4,7-9H2,1H3,(H,18,19). The highest BCUT2D eigenvalue weighted by atomic mass is 16.4. The molecule has 0 aliphatic carbocycles. The van der Waals surface area contributed by atoms with E-state index in [1.54, 1.807) is 17.3 Å². The van der Waals surface area contributed by atoms with E-state index < -0.39 is 5.97 Å². The van der Waals surface area contributed by atoms with Gasteiger partial charge in [-0.3, -0.25) is 14.6 Å². The maximum Gasteiger partial charge on any atom is 0.306 e. The molecule has 2 unspecified atom stereocenters. The van der Waals surface area contributed by atoms with Gasteiger partial charge in [-0.25, -0.2) is 0 Å². The Kier molecular flexibility index (Phi) is 4.14. The zero-order chi connectivity index (χ0) is 13.8. The number of carboxylic acid groups (broad SMARTS) is 1. The second kappa shape index (κ2) is 5.82. The minimum atomic E-state index is -0.756. The highest BCUT2D eigenvalue weighted by molar-refractivity contribution is 5.79. The van der Waals surface area contributed by atoms with E-state index in [-0.39, 0.29) is 17.9 Å². The van der Waals surface area contributed by atoms with E-state index in [0.717, 1.165) is 5.56 Å². The van der Waals surface area contributed by atoms with Crippen LogP contribution in [0.1, 0.15) is 25.3 Å². The minimum absolute atomic E-state index is 0.0100. The molecule has 1 aliphatic heterocycles. The second-order valence-electron chi connectivity index (χ2n) is 5.03. The van der Waals surface area contributed by atoms with Crippen LogP contribution in [0.2, 0.25) is 0 Å². The summed E-state index contributed by atoms with van der Waals surface area (Å²) in [7, 11) is 0. The smallest absolute Gasteiger partial charge is 0.306 e. The Morgan fingerprint density at radius 2 is 2.11 bits per heavy atom. The summed E-state index contributed by atoms with van der Waals surface area (Å²) in [5, 5.41) is 9.01. The number of carboxylic acids is 1. The van der Waals surface area contributed by atoms with Crippen LogP contribution in [0, 0.1) is 5.92 Å². The number of pyridine rings is 1. The lowest BCUT2D eigenvalue weighted by Crippen LogP contribution is -2.46. The molecule has 1 saturated heterocycles. The number of aromatic nitrogens is 1. The fourth-order valence-corrected chi connectivity index (χ4v) is 2.54. The van der Waals surface area contributed by atoms with Gasteiger partial charge in [-0.1, -0.05) is 0 Å². The Balaban J connectivity index is 1.95. The van der Waals surface area contributed by atoms with Gasteiger partial charge >= 0.3 is 5.97 Å². The molecule has 2 atom stereocenters. The molecule has 0 saturated carbocycles. The summed E-state index contributed by atoms with van der Waals surface area (Å²) in [5.74, 6) is -1.02. The molecule has 1 aromatic rings. The normalized spacial score (nSPS) is 23.1. The minimum Gasteiger partial charge on any atom is -0.481 e. The van der Waals surface area contributed by atoms with Crippen LogP contribution in [0.4, 0.5) is 0 Å². The zero-order valence-corrected chi connectivity index (χ0v) is 11.0. The largest absolute Gasteiger partial charge is 0.481 e. The Morgan fingerprint density at radius 3 is 2.68 bits per heavy atom. The van der Waals surface area contributed by atoms with Gasteiger partial charge in [-0.05, 0) is 37.5 Å². The molecule has 102 valence electrons. The number of hydrogen-bond donors (Lipinski definition) is 1. The number of nitrogens with zero attached hydrogens (tertiary/aromatic N) is 2. The molecule has 1 fully saturated rings. The van der Waals surface area contributed by atoms with Crippen molar-refractivity contribution in [3.05, 3.63) is 30.1 Å². The zero-order valence-electron chi connectivity index (χ0n) is 11.0. The maximum absolute atomic E-state index is 12.2. The molecular weight excluding hydrogens is 244 g/mol. The van der Waals surface area contributed by atoms with E-state index in [9.17, 15) is 9.59 Å². The van der Waals surface area contributed by atoms with Crippen LogP contribution in [0.25, 0.3) is 0 Å². The predicted octanol–water partition coefficient (Wildman–Crippen LogP) is 1.34. The summed E-state index contributed by atoms with van der Waals surface area (Å²) >= 11 is 0. The lowest BCUT2D eigenvalue weighted by molar-refractivity contribution is -0.147. The number of likely N-dealkylation sites (tertiary alicyclic amines) is 1. The van der Waals surface area contributed by atoms with Crippen molar-refractivity contribution >= 4 is 11.9 Å². The summed E-state index contributed by atoms with van der Waals surface area (Å²) in [4.78, 5) is 28.9. The van der Waals surface area contributed by atoms with Gasteiger partial charge in [0.15, 0.2) is 0 Å². The van der Waals surface area contributed by atoms with Gasteiger partial charge in [-0.15, -0.1) is 0 Å². The SMILES string of the molecule is CC1CC(C(=O)O)CCN1C(=O)Cc1ccncc1. The van der Waals surface area contributed by atoms with Gasteiger partial charge in [0, 0.05) is 25.0 Å². The Labute approximate surface area is 112 Å². The molecule has 1 amide bonds. The number of carbonyl (C=O) groups is 2. The Hall–Kier alpha value is -1.91. The second-order valence-corrected chi connectivity index (χ2v) is 5.03. The predicted molar refractivity (Wildman–Crippen MR) is 69.5 cm³/mol. The van der Waals surface area contributed by atoms with Crippen LogP contribution in [0.15, 0.2) is 24.5 Å². The molecule has 0 bridgehead atoms. The molecular formula is C14H18N2O3. The average Bonchev–Trinajstić information content (AvgIpc) is 2.39. The van der Waals surface area contributed by atoms with Gasteiger partial charge in [-0.2, -0.15) is 0 Å². The van der Waals surface area contributed by atoms with E-state index in [4.69, 9.17) is 5.11 Å². The molecule has 0 aromatic carbocycles. The third-order valence-corrected chi connectivity index (χ3v) is 3.65. The maximum atomic E-state index is 12.2. The highest BCUT2D eigenvalue weighted by Crippen LogP contribution is 2.23. The molecule has 19 heavy (non-hydrogen) atoms. The van der Waals surface area contributed by atoms with E-state index >= 15 is 0 Å². The van der Waals surface area contributed by atoms with Crippen molar-refractivity contribution in [1.29, 1.82) is 0 Å². The molecule has 1 N–H and O–H groups in total. The van der Waals surface area contributed by atoms with Crippen molar-refractivity contribution in [2.75, 3.05) is 6.54 Å². The number of aliphatic carboxylic acids is 1. The first-order valence-electron chi connectivity index (χ1n) is 6.49. The molecule has 2 heterocycles. The van der Waals surface area contributed by atoms with Crippen LogP contribution in [0.3, 0.4) is 0 Å². The first-order chi connectivity index (χ1) is 9.08. The van der Waals surface area contributed by atoms with Gasteiger partial charge in [0.1, 0.15) is 0 Å². The van der Waals surface area contributed by atoms with Crippen molar-refractivity contribution < 1.29 is 14.7 Å². The van der Waals surface area contributed by atoms with Crippen molar-refractivity contribution in [3.63, 3.8) is 0 Å². The number of carbonyl (C=O) groups excluding carboxylic acids is 1. The Morgan fingerprint density at radius 1 is 1.42 bits per heavy atom. The van der Waals surface area contributed by atoms with Crippen molar-refractivity contribution in [2.24, 2.45) is 5.92 Å². The lowest BCUT2D eigenvalue weighted by Gasteiger charge is -2.36. The van der Waals surface area contributed by atoms with Crippen molar-refractivity contribution in [2.45, 2.75) is 32.2 Å². The Bertz CT molecular complexity index is 461. The number of piperidine rings is 1. The van der Waals surface area contributed by atoms with Crippen molar-refractivity contribution in [1.82, 2.24) is 9.88 Å². The van der Waals surface area contributed by atoms with Crippen LogP contribution in [-0.2, 0) is 16.0 Å². The summed E-state index contributed by atoms with van der Waals surface area (Å²) in [6.07, 6.45) is 4.77. The average molecular weight is 262 g/mol. The summed E-state index contributed by atoms with van der Waals surface area (Å²) in [6.45, 7) is 2.45. The first-order valence-corrected chi connectivity index (χ1v) is 6.49. The highest BCUT2D eigenvalue weighted by Gasteiger charge is 2.31. The fourth-order valence-electron chi connectivity index (χ4n) is 2.54. The van der Waals surface area contributed by atoms with Gasteiger partial charge in [0.05, 0.1) is 12.3 Å². The molecule has 1 aromatic heterocycles. The fraction of sp³-hybridized carbons (Fsp3) is 0.500. The third kappa shape index (κ3) is 3.30. The quantitative estimate of drug-likeness (QED) is 0.892. The number of hydrogen-bond acceptors (Lipinski definition) is 3. The summed E-state index contributed by atoms with van der Waals surface area (Å²) in [6, 6.07) is 3.64. The van der Waals surface area contributed by atoms with Crippen LogP contribution >= 0.6 is 0 Å². The van der Waals surface area contributed by atoms with E-state index in [2.05, 4.69) is 4.98 Å². The van der Waals surface area contributed by atoms with E-state index in [1.165, 1.54) is 0 Å². The topological polar surface area (TPSA) is 70.5 Å².